The number of hydrogen-bond donors (Lipinski definition) is 1. The van der Waals surface area contributed by atoms with Crippen LogP contribution in [0.4, 0.5) is 0 Å². The van der Waals surface area contributed by atoms with Crippen LogP contribution in [-0.2, 0) is 4.79 Å². The number of benzene rings is 2. The number of amides is 1. The number of aromatic nitrogens is 2. The Morgan fingerprint density at radius 3 is 2.50 bits per heavy atom. The van der Waals surface area contributed by atoms with Crippen molar-refractivity contribution in [3.05, 3.63) is 48.5 Å². The number of nitrogens with one attached hydrogen (secondary N) is 1. The van der Waals surface area contributed by atoms with Crippen molar-refractivity contribution < 1.29 is 18.8 Å². The minimum absolute atomic E-state index is 0.103. The Balaban J connectivity index is 1.77. The van der Waals surface area contributed by atoms with Crippen molar-refractivity contribution in [3.8, 4) is 34.3 Å². The Morgan fingerprint density at radius 2 is 1.82 bits per heavy atom. The number of nitrogens with zero attached hydrogens (tertiary/aromatic N) is 2. The van der Waals surface area contributed by atoms with Crippen LogP contribution >= 0.6 is 0 Å². The predicted molar refractivity (Wildman–Crippen MR) is 105 cm³/mol. The van der Waals surface area contributed by atoms with Gasteiger partial charge >= 0.3 is 0 Å². The van der Waals surface area contributed by atoms with Crippen molar-refractivity contribution in [2.45, 2.75) is 26.3 Å². The van der Waals surface area contributed by atoms with E-state index in [4.69, 9.17) is 14.0 Å². The molecule has 0 bridgehead atoms. The Hall–Kier alpha value is -3.35. The van der Waals surface area contributed by atoms with E-state index in [1.165, 1.54) is 0 Å². The van der Waals surface area contributed by atoms with Gasteiger partial charge in [-0.15, -0.1) is 0 Å². The molecule has 1 heterocycles. The van der Waals surface area contributed by atoms with Crippen molar-refractivity contribution >= 4 is 5.91 Å². The van der Waals surface area contributed by atoms with Gasteiger partial charge in [-0.05, 0) is 57.2 Å². The summed E-state index contributed by atoms with van der Waals surface area (Å²) in [5.74, 6) is 1.82. The van der Waals surface area contributed by atoms with E-state index in [1.54, 1.807) is 13.2 Å². The Bertz CT molecular complexity index is 943. The highest BCUT2D eigenvalue weighted by Gasteiger charge is 2.17. The van der Waals surface area contributed by atoms with E-state index in [1.807, 2.05) is 63.2 Å². The molecule has 7 nitrogen and oxygen atoms in total. The first-order valence-electron chi connectivity index (χ1n) is 8.87. The molecule has 0 aliphatic heterocycles. The fourth-order valence-electron chi connectivity index (χ4n) is 2.56. The summed E-state index contributed by atoms with van der Waals surface area (Å²) in [6.45, 7) is 5.64. The van der Waals surface area contributed by atoms with Gasteiger partial charge in [0, 0.05) is 11.1 Å². The lowest BCUT2D eigenvalue weighted by atomic mass is 10.1. The van der Waals surface area contributed by atoms with Gasteiger partial charge < -0.3 is 19.3 Å². The molecule has 146 valence electrons. The maximum atomic E-state index is 12.0. The van der Waals surface area contributed by atoms with Crippen LogP contribution in [0.2, 0.25) is 0 Å². The molecule has 0 fully saturated rings. The van der Waals surface area contributed by atoms with Crippen LogP contribution in [0.25, 0.3) is 22.8 Å². The summed E-state index contributed by atoms with van der Waals surface area (Å²) in [7, 11) is 1.61. The molecule has 0 aliphatic carbocycles. The second-order valence-electron chi connectivity index (χ2n) is 7.23. The summed E-state index contributed by atoms with van der Waals surface area (Å²) >= 11 is 0. The molecule has 1 N–H and O–H groups in total. The standard InChI is InChI=1S/C21H23N3O4/c1-21(2,3)23-18(25)13-27-17-8-6-5-7-16(17)20-22-19(24-28-20)14-9-11-15(26-4)12-10-14/h5-12H,13H2,1-4H3,(H,23,25). The van der Waals surface area contributed by atoms with Crippen molar-refractivity contribution in [3.63, 3.8) is 0 Å². The molecular weight excluding hydrogens is 358 g/mol. The van der Waals surface area contributed by atoms with Gasteiger partial charge in [-0.1, -0.05) is 17.3 Å². The zero-order valence-corrected chi connectivity index (χ0v) is 16.4. The van der Waals surface area contributed by atoms with Crippen molar-refractivity contribution in [1.29, 1.82) is 0 Å². The highest BCUT2D eigenvalue weighted by atomic mass is 16.5. The number of para-hydroxylation sites is 1. The highest BCUT2D eigenvalue weighted by Crippen LogP contribution is 2.30. The lowest BCUT2D eigenvalue weighted by Crippen LogP contribution is -2.43. The summed E-state index contributed by atoms with van der Waals surface area (Å²) in [6, 6.07) is 14.6. The summed E-state index contributed by atoms with van der Waals surface area (Å²) < 4.78 is 16.3. The quantitative estimate of drug-likeness (QED) is 0.700. The van der Waals surface area contributed by atoms with Crippen LogP contribution in [0.15, 0.2) is 53.1 Å². The highest BCUT2D eigenvalue weighted by molar-refractivity contribution is 5.78. The molecule has 0 saturated heterocycles. The van der Waals surface area contributed by atoms with Gasteiger partial charge in [0.1, 0.15) is 11.5 Å². The van der Waals surface area contributed by atoms with Gasteiger partial charge in [0.25, 0.3) is 11.8 Å². The average molecular weight is 381 g/mol. The van der Waals surface area contributed by atoms with Crippen molar-refractivity contribution in [2.24, 2.45) is 0 Å². The zero-order chi connectivity index (χ0) is 20.1. The molecule has 7 heteroatoms. The molecule has 1 aromatic heterocycles. The molecular formula is C21H23N3O4. The van der Waals surface area contributed by atoms with Gasteiger partial charge in [-0.3, -0.25) is 4.79 Å². The molecule has 0 radical (unpaired) electrons. The maximum Gasteiger partial charge on any atom is 0.262 e. The smallest absolute Gasteiger partial charge is 0.262 e. The molecule has 0 unspecified atom stereocenters. The minimum Gasteiger partial charge on any atom is -0.497 e. The second kappa shape index (κ2) is 8.12. The van der Waals surface area contributed by atoms with E-state index in [9.17, 15) is 4.79 Å². The lowest BCUT2D eigenvalue weighted by Gasteiger charge is -2.20. The Kier molecular flexibility index (Phi) is 5.63. The molecule has 3 rings (SSSR count). The van der Waals surface area contributed by atoms with Crippen LogP contribution < -0.4 is 14.8 Å². The maximum absolute atomic E-state index is 12.0. The largest absolute Gasteiger partial charge is 0.497 e. The topological polar surface area (TPSA) is 86.5 Å². The lowest BCUT2D eigenvalue weighted by molar-refractivity contribution is -0.124. The first kappa shape index (κ1) is 19.4. The fraction of sp³-hybridized carbons (Fsp3) is 0.286. The van der Waals surface area contributed by atoms with E-state index in [0.717, 1.165) is 11.3 Å². The molecule has 1 amide bonds. The van der Waals surface area contributed by atoms with Gasteiger partial charge in [-0.25, -0.2) is 0 Å². The first-order valence-corrected chi connectivity index (χ1v) is 8.87. The molecule has 0 spiro atoms. The molecule has 0 saturated carbocycles. The fourth-order valence-corrected chi connectivity index (χ4v) is 2.56. The molecule has 3 aromatic rings. The number of ether oxygens (including phenoxy) is 2. The number of carbonyl (C=O) groups is 1. The van der Waals surface area contributed by atoms with E-state index in [2.05, 4.69) is 15.5 Å². The minimum atomic E-state index is -0.320. The summed E-state index contributed by atoms with van der Waals surface area (Å²) in [6.07, 6.45) is 0. The molecule has 0 aliphatic rings. The average Bonchev–Trinajstić information content (AvgIpc) is 3.15. The summed E-state index contributed by atoms with van der Waals surface area (Å²) in [5, 5.41) is 6.90. The molecule has 0 atom stereocenters. The third-order valence-electron chi connectivity index (χ3n) is 3.76. The number of carbonyl (C=O) groups excluding carboxylic acids is 1. The van der Waals surface area contributed by atoms with Crippen LogP contribution in [0, 0.1) is 0 Å². The first-order chi connectivity index (χ1) is 13.4. The van der Waals surface area contributed by atoms with E-state index in [0.29, 0.717) is 23.0 Å². The van der Waals surface area contributed by atoms with Gasteiger partial charge in [-0.2, -0.15) is 4.98 Å². The van der Waals surface area contributed by atoms with Crippen LogP contribution in [-0.4, -0.2) is 35.3 Å². The van der Waals surface area contributed by atoms with Gasteiger partial charge in [0.05, 0.1) is 12.7 Å². The number of hydrogen-bond acceptors (Lipinski definition) is 6. The van der Waals surface area contributed by atoms with Crippen molar-refractivity contribution in [2.75, 3.05) is 13.7 Å². The zero-order valence-electron chi connectivity index (χ0n) is 16.4. The second-order valence-corrected chi connectivity index (χ2v) is 7.23. The Labute approximate surface area is 163 Å². The van der Waals surface area contributed by atoms with E-state index < -0.39 is 0 Å². The van der Waals surface area contributed by atoms with Gasteiger partial charge in [0.15, 0.2) is 6.61 Å². The van der Waals surface area contributed by atoms with E-state index in [-0.39, 0.29) is 18.1 Å². The van der Waals surface area contributed by atoms with Crippen LogP contribution in [0.3, 0.4) is 0 Å². The van der Waals surface area contributed by atoms with Crippen LogP contribution in [0.1, 0.15) is 20.8 Å². The van der Waals surface area contributed by atoms with Gasteiger partial charge in [0.2, 0.25) is 5.82 Å². The molecule has 2 aromatic carbocycles. The SMILES string of the molecule is COc1ccc(-c2noc(-c3ccccc3OCC(=O)NC(C)(C)C)n2)cc1. The number of methoxy groups -OCH3 is 1. The third kappa shape index (κ3) is 4.88. The predicted octanol–water partition coefficient (Wildman–Crippen LogP) is 3.71. The Morgan fingerprint density at radius 1 is 1.11 bits per heavy atom. The summed E-state index contributed by atoms with van der Waals surface area (Å²) in [4.78, 5) is 16.5. The summed E-state index contributed by atoms with van der Waals surface area (Å²) in [5.41, 5.74) is 1.11. The van der Waals surface area contributed by atoms with Crippen molar-refractivity contribution in [1.82, 2.24) is 15.5 Å². The third-order valence-corrected chi connectivity index (χ3v) is 3.76. The monoisotopic (exact) mass is 381 g/mol. The molecule has 28 heavy (non-hydrogen) atoms. The van der Waals surface area contributed by atoms with Crippen LogP contribution in [0.5, 0.6) is 11.5 Å². The normalized spacial score (nSPS) is 11.1. The van der Waals surface area contributed by atoms with E-state index >= 15 is 0 Å². The number of rotatable bonds is 6.